The van der Waals surface area contributed by atoms with Gasteiger partial charge in [-0.1, -0.05) is 41.4 Å². The highest BCUT2D eigenvalue weighted by molar-refractivity contribution is 6.33. The van der Waals surface area contributed by atoms with Gasteiger partial charge in [0.25, 0.3) is 11.8 Å². The van der Waals surface area contributed by atoms with Crippen LogP contribution in [0.1, 0.15) is 26.3 Å². The zero-order valence-corrected chi connectivity index (χ0v) is 15.8. The number of rotatable bonds is 4. The van der Waals surface area contributed by atoms with Crippen molar-refractivity contribution in [1.29, 1.82) is 0 Å². The van der Waals surface area contributed by atoms with E-state index in [0.29, 0.717) is 16.8 Å². The third-order valence-corrected chi connectivity index (χ3v) is 4.21. The Hall–Kier alpha value is -2.89. The van der Waals surface area contributed by atoms with Crippen molar-refractivity contribution < 1.29 is 9.59 Å². The van der Waals surface area contributed by atoms with Crippen molar-refractivity contribution in [1.82, 2.24) is 4.98 Å². The maximum Gasteiger partial charge on any atom is 0.255 e. The molecule has 0 saturated carbocycles. The molecule has 27 heavy (non-hydrogen) atoms. The van der Waals surface area contributed by atoms with Crippen LogP contribution < -0.4 is 10.6 Å². The summed E-state index contributed by atoms with van der Waals surface area (Å²) >= 11 is 11.6. The minimum Gasteiger partial charge on any atom is -0.322 e. The number of aryl methyl sites for hydroxylation is 1. The van der Waals surface area contributed by atoms with Gasteiger partial charge in [0.1, 0.15) is 10.3 Å². The summed E-state index contributed by atoms with van der Waals surface area (Å²) in [4.78, 5) is 28.4. The predicted molar refractivity (Wildman–Crippen MR) is 108 cm³/mol. The molecule has 0 bridgehead atoms. The Balaban J connectivity index is 1.69. The molecule has 0 saturated heterocycles. The Kier molecular flexibility index (Phi) is 5.74. The molecular formula is C20H15Cl2N3O2. The molecule has 0 radical (unpaired) electrons. The number of para-hydroxylation sites is 1. The Morgan fingerprint density at radius 3 is 2.04 bits per heavy atom. The van der Waals surface area contributed by atoms with Crippen LogP contribution in [0, 0.1) is 6.92 Å². The Labute approximate surface area is 166 Å². The molecule has 2 N–H and O–H groups in total. The number of hydrogen-bond acceptors (Lipinski definition) is 3. The zero-order valence-electron chi connectivity index (χ0n) is 14.3. The second-order valence-corrected chi connectivity index (χ2v) is 6.58. The van der Waals surface area contributed by atoms with Gasteiger partial charge in [-0.25, -0.2) is 4.98 Å². The molecule has 0 spiro atoms. The lowest BCUT2D eigenvalue weighted by atomic mass is 10.1. The lowest BCUT2D eigenvalue weighted by Gasteiger charge is -2.09. The van der Waals surface area contributed by atoms with Crippen LogP contribution in [-0.2, 0) is 0 Å². The van der Waals surface area contributed by atoms with Gasteiger partial charge in [0.15, 0.2) is 0 Å². The van der Waals surface area contributed by atoms with Crippen LogP contribution in [0.15, 0.2) is 60.7 Å². The van der Waals surface area contributed by atoms with Crippen molar-refractivity contribution in [2.24, 2.45) is 0 Å². The summed E-state index contributed by atoms with van der Waals surface area (Å²) in [6.07, 6.45) is 0. The van der Waals surface area contributed by atoms with Gasteiger partial charge in [-0.15, -0.1) is 0 Å². The van der Waals surface area contributed by atoms with Crippen LogP contribution in [-0.4, -0.2) is 16.8 Å². The molecule has 0 atom stereocenters. The molecule has 0 fully saturated rings. The monoisotopic (exact) mass is 399 g/mol. The number of halogens is 2. The second-order valence-electron chi connectivity index (χ2n) is 5.80. The molecule has 5 nitrogen and oxygen atoms in total. The summed E-state index contributed by atoms with van der Waals surface area (Å²) in [7, 11) is 0. The zero-order chi connectivity index (χ0) is 19.4. The third-order valence-electron chi connectivity index (χ3n) is 3.82. The summed E-state index contributed by atoms with van der Waals surface area (Å²) < 4.78 is 0. The fourth-order valence-electron chi connectivity index (χ4n) is 2.41. The van der Waals surface area contributed by atoms with Crippen molar-refractivity contribution in [3.8, 4) is 0 Å². The number of benzene rings is 2. The molecule has 7 heteroatoms. The van der Waals surface area contributed by atoms with E-state index in [4.69, 9.17) is 23.2 Å². The lowest BCUT2D eigenvalue weighted by molar-refractivity contribution is 0.102. The predicted octanol–water partition coefficient (Wildman–Crippen LogP) is 5.20. The standard InChI is InChI=1S/C20H15Cl2N3O2/c1-12-4-2-3-5-16(12)24-19(26)13-6-8-15(9-7-13)23-20(27)14-10-17(21)25-18(22)11-14/h2-11H,1H3,(H,23,27)(H,24,26). The molecule has 0 unspecified atom stereocenters. The number of nitrogens with zero attached hydrogens (tertiary/aromatic N) is 1. The molecule has 2 aromatic carbocycles. The van der Waals surface area contributed by atoms with Crippen LogP contribution in [0.3, 0.4) is 0 Å². The molecule has 3 rings (SSSR count). The number of anilines is 2. The van der Waals surface area contributed by atoms with Crippen molar-refractivity contribution in [2.45, 2.75) is 6.92 Å². The lowest BCUT2D eigenvalue weighted by Crippen LogP contribution is -2.14. The van der Waals surface area contributed by atoms with Crippen molar-refractivity contribution in [2.75, 3.05) is 10.6 Å². The fourth-order valence-corrected chi connectivity index (χ4v) is 2.87. The molecule has 0 aliphatic heterocycles. The third kappa shape index (κ3) is 4.84. The van der Waals surface area contributed by atoms with Gasteiger partial charge in [-0.2, -0.15) is 0 Å². The van der Waals surface area contributed by atoms with Gasteiger partial charge in [0.05, 0.1) is 0 Å². The molecule has 1 aromatic heterocycles. The van der Waals surface area contributed by atoms with E-state index in [1.54, 1.807) is 24.3 Å². The molecular weight excluding hydrogens is 385 g/mol. The number of pyridine rings is 1. The van der Waals surface area contributed by atoms with Gasteiger partial charge >= 0.3 is 0 Å². The van der Waals surface area contributed by atoms with Crippen molar-refractivity contribution in [3.63, 3.8) is 0 Å². The van der Waals surface area contributed by atoms with Gasteiger partial charge in [0.2, 0.25) is 0 Å². The summed E-state index contributed by atoms with van der Waals surface area (Å²) in [6, 6.07) is 16.9. The average molecular weight is 400 g/mol. The van der Waals surface area contributed by atoms with Gasteiger partial charge < -0.3 is 10.6 Å². The quantitative estimate of drug-likeness (QED) is 0.592. The summed E-state index contributed by atoms with van der Waals surface area (Å²) in [5, 5.41) is 5.85. The SMILES string of the molecule is Cc1ccccc1NC(=O)c1ccc(NC(=O)c2cc(Cl)nc(Cl)c2)cc1. The number of amides is 2. The van der Waals surface area contributed by atoms with E-state index in [1.165, 1.54) is 12.1 Å². The molecule has 136 valence electrons. The largest absolute Gasteiger partial charge is 0.322 e. The van der Waals surface area contributed by atoms with Crippen LogP contribution in [0.2, 0.25) is 10.3 Å². The van der Waals surface area contributed by atoms with E-state index in [9.17, 15) is 9.59 Å². The van der Waals surface area contributed by atoms with Gasteiger partial charge in [0, 0.05) is 22.5 Å². The van der Waals surface area contributed by atoms with Crippen LogP contribution >= 0.6 is 23.2 Å². The number of nitrogens with one attached hydrogen (secondary N) is 2. The van der Waals surface area contributed by atoms with Crippen LogP contribution in [0.4, 0.5) is 11.4 Å². The molecule has 1 heterocycles. The Bertz CT molecular complexity index is 984. The maximum atomic E-state index is 12.4. The van der Waals surface area contributed by atoms with Gasteiger partial charge in [-0.05, 0) is 55.0 Å². The first-order valence-corrected chi connectivity index (χ1v) is 8.79. The minimum absolute atomic E-state index is 0.135. The van der Waals surface area contributed by atoms with Crippen LogP contribution in [0.5, 0.6) is 0 Å². The van der Waals surface area contributed by atoms with E-state index in [0.717, 1.165) is 11.3 Å². The molecule has 3 aromatic rings. The molecule has 0 aliphatic rings. The van der Waals surface area contributed by atoms with E-state index in [2.05, 4.69) is 15.6 Å². The van der Waals surface area contributed by atoms with Crippen molar-refractivity contribution >= 4 is 46.4 Å². The Morgan fingerprint density at radius 2 is 1.41 bits per heavy atom. The molecule has 0 aliphatic carbocycles. The summed E-state index contributed by atoms with van der Waals surface area (Å²) in [6.45, 7) is 1.92. The van der Waals surface area contributed by atoms with E-state index >= 15 is 0 Å². The summed E-state index contributed by atoms with van der Waals surface area (Å²) in [5.74, 6) is -0.604. The normalized spacial score (nSPS) is 10.3. The highest BCUT2D eigenvalue weighted by Crippen LogP contribution is 2.18. The number of aromatic nitrogens is 1. The molecule has 2 amide bonds. The first-order valence-electron chi connectivity index (χ1n) is 8.04. The highest BCUT2D eigenvalue weighted by Gasteiger charge is 2.11. The smallest absolute Gasteiger partial charge is 0.255 e. The Morgan fingerprint density at radius 1 is 0.815 bits per heavy atom. The van der Waals surface area contributed by atoms with E-state index in [1.807, 2.05) is 31.2 Å². The fraction of sp³-hybridized carbons (Fsp3) is 0.0500. The van der Waals surface area contributed by atoms with E-state index < -0.39 is 0 Å². The highest BCUT2D eigenvalue weighted by atomic mass is 35.5. The number of carbonyl (C=O) groups excluding carboxylic acids is 2. The first-order chi connectivity index (χ1) is 12.9. The number of hydrogen-bond donors (Lipinski definition) is 2. The minimum atomic E-state index is -0.377. The topological polar surface area (TPSA) is 71.1 Å². The van der Waals surface area contributed by atoms with Gasteiger partial charge in [-0.3, -0.25) is 9.59 Å². The summed E-state index contributed by atoms with van der Waals surface area (Å²) in [5.41, 5.74) is 3.04. The van der Waals surface area contributed by atoms with Crippen molar-refractivity contribution in [3.05, 3.63) is 87.7 Å². The second kappa shape index (κ2) is 8.20. The average Bonchev–Trinajstić information content (AvgIpc) is 2.63. The first kappa shape index (κ1) is 18.9. The maximum absolute atomic E-state index is 12.4. The van der Waals surface area contributed by atoms with Crippen LogP contribution in [0.25, 0.3) is 0 Å². The van der Waals surface area contributed by atoms with E-state index in [-0.39, 0.29) is 22.1 Å². The number of carbonyl (C=O) groups is 2.